The van der Waals surface area contributed by atoms with Gasteiger partial charge in [-0.05, 0) is 13.8 Å². The lowest BCUT2D eigenvalue weighted by Gasteiger charge is -2.06. The average Bonchev–Trinajstić information content (AvgIpc) is 2.03. The average molecular weight is 208 g/mol. The van der Waals surface area contributed by atoms with E-state index < -0.39 is 30.1 Å². The molecule has 0 fully saturated rings. The van der Waals surface area contributed by atoms with Crippen molar-refractivity contribution >= 4 is 11.9 Å². The van der Waals surface area contributed by atoms with Crippen LogP contribution in [0.3, 0.4) is 0 Å². The van der Waals surface area contributed by atoms with E-state index in [9.17, 15) is 9.59 Å². The van der Waals surface area contributed by atoms with Gasteiger partial charge in [0.1, 0.15) is 12.1 Å². The van der Waals surface area contributed by atoms with Gasteiger partial charge in [0.15, 0.2) is 0 Å². The van der Waals surface area contributed by atoms with Crippen LogP contribution in [0.5, 0.6) is 0 Å². The summed E-state index contributed by atoms with van der Waals surface area (Å²) in [6.07, 6.45) is -0.979. The van der Waals surface area contributed by atoms with Gasteiger partial charge < -0.3 is 26.8 Å². The van der Waals surface area contributed by atoms with Gasteiger partial charge in [-0.15, -0.1) is 0 Å². The van der Waals surface area contributed by atoms with Gasteiger partial charge in [0, 0.05) is 0 Å². The Morgan fingerprint density at radius 2 is 1.36 bits per heavy atom. The van der Waals surface area contributed by atoms with Gasteiger partial charge in [0.2, 0.25) is 0 Å². The quantitative estimate of drug-likeness (QED) is 0.367. The molecule has 7 nitrogen and oxygen atoms in total. The lowest BCUT2D eigenvalue weighted by molar-refractivity contribution is -0.141. The molecular formula is C7H16N2O5. The SMILES string of the molecule is C[C@H](N)C(=O)O.C[C@H](O)[C@H](N)C(=O)O. The maximum absolute atomic E-state index is 9.86. The number of nitrogens with two attached hydrogens (primary N) is 2. The van der Waals surface area contributed by atoms with Gasteiger partial charge in [-0.25, -0.2) is 0 Å². The Balaban J connectivity index is 0. The monoisotopic (exact) mass is 208 g/mol. The third kappa shape index (κ3) is 8.91. The molecule has 0 unspecified atom stereocenters. The standard InChI is InChI=1S/C4H9NO3.C3H7NO2/c1-2(6)3(5)4(7)8;1-2(4)3(5)6/h2-3,6H,5H2,1H3,(H,7,8);2H,4H2,1H3,(H,5,6)/t2-,3-;2-/m00/s1. The first-order chi connectivity index (χ1) is 6.20. The number of carboxylic acid groups (broad SMARTS) is 2. The van der Waals surface area contributed by atoms with E-state index in [2.05, 4.69) is 0 Å². The fourth-order valence-corrected chi connectivity index (χ4v) is 0.206. The van der Waals surface area contributed by atoms with E-state index in [0.29, 0.717) is 0 Å². The minimum Gasteiger partial charge on any atom is -0.480 e. The summed E-state index contributed by atoms with van der Waals surface area (Å²) in [5.74, 6) is -2.14. The van der Waals surface area contributed by atoms with Crippen LogP contribution < -0.4 is 11.5 Å². The fraction of sp³-hybridized carbons (Fsp3) is 0.714. The fourth-order valence-electron chi connectivity index (χ4n) is 0.206. The van der Waals surface area contributed by atoms with Crippen molar-refractivity contribution in [3.63, 3.8) is 0 Å². The smallest absolute Gasteiger partial charge is 0.323 e. The Kier molecular flexibility index (Phi) is 7.92. The topological polar surface area (TPSA) is 147 Å². The van der Waals surface area contributed by atoms with E-state index in [0.717, 1.165) is 0 Å². The first-order valence-corrected chi connectivity index (χ1v) is 3.85. The van der Waals surface area contributed by atoms with E-state index in [1.165, 1.54) is 13.8 Å². The number of hydrogen-bond donors (Lipinski definition) is 5. The summed E-state index contributed by atoms with van der Waals surface area (Å²) in [6, 6.07) is -1.89. The number of hydrogen-bond acceptors (Lipinski definition) is 5. The summed E-state index contributed by atoms with van der Waals surface area (Å²) >= 11 is 0. The van der Waals surface area contributed by atoms with Crippen LogP contribution in [-0.4, -0.2) is 45.4 Å². The van der Waals surface area contributed by atoms with Crippen LogP contribution in [0.1, 0.15) is 13.8 Å². The van der Waals surface area contributed by atoms with Gasteiger partial charge in [0.05, 0.1) is 6.10 Å². The first-order valence-electron chi connectivity index (χ1n) is 3.85. The summed E-state index contributed by atoms with van der Waals surface area (Å²) in [5, 5.41) is 24.4. The van der Waals surface area contributed by atoms with Gasteiger partial charge in [-0.1, -0.05) is 0 Å². The van der Waals surface area contributed by atoms with Crippen molar-refractivity contribution < 1.29 is 24.9 Å². The molecule has 0 saturated heterocycles. The maximum Gasteiger partial charge on any atom is 0.323 e. The molecule has 14 heavy (non-hydrogen) atoms. The van der Waals surface area contributed by atoms with Crippen LogP contribution in [0, 0.1) is 0 Å². The molecule has 0 saturated carbocycles. The van der Waals surface area contributed by atoms with Crippen LogP contribution in [0.15, 0.2) is 0 Å². The number of aliphatic hydroxyl groups excluding tert-OH is 1. The predicted octanol–water partition coefficient (Wildman–Crippen LogP) is -1.80. The van der Waals surface area contributed by atoms with Gasteiger partial charge in [0.25, 0.3) is 0 Å². The van der Waals surface area contributed by atoms with Gasteiger partial charge >= 0.3 is 11.9 Å². The van der Waals surface area contributed by atoms with Crippen molar-refractivity contribution in [2.75, 3.05) is 0 Å². The molecule has 0 aromatic rings. The van der Waals surface area contributed by atoms with Crippen molar-refractivity contribution in [3.05, 3.63) is 0 Å². The summed E-state index contributed by atoms with van der Waals surface area (Å²) in [4.78, 5) is 19.4. The van der Waals surface area contributed by atoms with E-state index >= 15 is 0 Å². The van der Waals surface area contributed by atoms with Crippen LogP contribution in [0.25, 0.3) is 0 Å². The van der Waals surface area contributed by atoms with Crippen molar-refractivity contribution in [2.45, 2.75) is 32.0 Å². The first kappa shape index (κ1) is 15.3. The molecule has 7 N–H and O–H groups in total. The zero-order valence-corrected chi connectivity index (χ0v) is 8.04. The molecule has 7 heteroatoms. The second kappa shape index (κ2) is 7.25. The van der Waals surface area contributed by atoms with E-state index in [1.54, 1.807) is 0 Å². The molecule has 0 amide bonds. The molecule has 0 aliphatic rings. The molecule has 0 aromatic heterocycles. The van der Waals surface area contributed by atoms with Crippen LogP contribution in [-0.2, 0) is 9.59 Å². The molecule has 0 bridgehead atoms. The second-order valence-corrected chi connectivity index (χ2v) is 2.73. The Hall–Kier alpha value is -1.18. The van der Waals surface area contributed by atoms with Crippen molar-refractivity contribution in [1.29, 1.82) is 0 Å². The normalized spacial score (nSPS) is 15.8. The van der Waals surface area contributed by atoms with Gasteiger partial charge in [-0.2, -0.15) is 0 Å². The molecule has 0 rings (SSSR count). The predicted molar refractivity (Wildman–Crippen MR) is 48.6 cm³/mol. The Bertz CT molecular complexity index is 193. The molecule has 0 radical (unpaired) electrons. The molecule has 0 heterocycles. The van der Waals surface area contributed by atoms with E-state index in [4.69, 9.17) is 26.8 Å². The van der Waals surface area contributed by atoms with Crippen LogP contribution in [0.2, 0.25) is 0 Å². The van der Waals surface area contributed by atoms with Crippen LogP contribution in [0.4, 0.5) is 0 Å². The molecule has 3 atom stereocenters. The maximum atomic E-state index is 9.86. The highest BCUT2D eigenvalue weighted by Crippen LogP contribution is 1.85. The van der Waals surface area contributed by atoms with E-state index in [1.807, 2.05) is 0 Å². The van der Waals surface area contributed by atoms with Crippen molar-refractivity contribution in [1.82, 2.24) is 0 Å². The zero-order valence-electron chi connectivity index (χ0n) is 8.04. The number of rotatable bonds is 3. The molecular weight excluding hydrogens is 192 g/mol. The summed E-state index contributed by atoms with van der Waals surface area (Å²) in [6.45, 7) is 2.75. The lowest BCUT2D eigenvalue weighted by Crippen LogP contribution is -2.39. The number of carbonyl (C=O) groups is 2. The Morgan fingerprint density at radius 1 is 1.07 bits per heavy atom. The van der Waals surface area contributed by atoms with Gasteiger partial charge in [-0.3, -0.25) is 9.59 Å². The lowest BCUT2D eigenvalue weighted by atomic mass is 10.2. The minimum atomic E-state index is -1.18. The third-order valence-corrected chi connectivity index (χ3v) is 1.19. The summed E-state index contributed by atoms with van der Waals surface area (Å²) < 4.78 is 0. The highest BCUT2D eigenvalue weighted by Gasteiger charge is 2.16. The number of carboxylic acids is 2. The van der Waals surface area contributed by atoms with Crippen molar-refractivity contribution in [3.8, 4) is 0 Å². The highest BCUT2D eigenvalue weighted by molar-refractivity contribution is 5.73. The third-order valence-electron chi connectivity index (χ3n) is 1.19. The molecule has 0 aromatic carbocycles. The highest BCUT2D eigenvalue weighted by atomic mass is 16.4. The Labute approximate surface area is 81.3 Å². The Morgan fingerprint density at radius 3 is 1.36 bits per heavy atom. The summed E-state index contributed by atoms with van der Waals surface area (Å²) in [7, 11) is 0. The number of aliphatic carboxylic acids is 2. The minimum absolute atomic E-state index is 0.731. The van der Waals surface area contributed by atoms with Crippen molar-refractivity contribution in [2.24, 2.45) is 11.5 Å². The zero-order chi connectivity index (χ0) is 11.9. The molecule has 0 aliphatic carbocycles. The molecule has 0 aliphatic heterocycles. The second-order valence-electron chi connectivity index (χ2n) is 2.73. The van der Waals surface area contributed by atoms with Crippen LogP contribution >= 0.6 is 0 Å². The largest absolute Gasteiger partial charge is 0.480 e. The summed E-state index contributed by atoms with van der Waals surface area (Å²) in [5.41, 5.74) is 9.75. The van der Waals surface area contributed by atoms with E-state index in [-0.39, 0.29) is 0 Å². The number of aliphatic hydroxyl groups is 1. The molecule has 84 valence electrons. The molecule has 0 spiro atoms.